The van der Waals surface area contributed by atoms with Gasteiger partial charge in [0, 0.05) is 16.6 Å². The molecule has 0 saturated heterocycles. The number of hydrogen-bond acceptors (Lipinski definition) is 5. The molecule has 0 radical (unpaired) electrons. The largest absolute Gasteiger partial charge is 0.476 e. The van der Waals surface area contributed by atoms with E-state index in [1.807, 2.05) is 0 Å². The van der Waals surface area contributed by atoms with E-state index in [2.05, 4.69) is 26.2 Å². The van der Waals surface area contributed by atoms with Gasteiger partial charge in [0.25, 0.3) is 5.69 Å². The van der Waals surface area contributed by atoms with Gasteiger partial charge in [-0.2, -0.15) is 0 Å². The van der Waals surface area contributed by atoms with Crippen molar-refractivity contribution >= 4 is 27.6 Å². The summed E-state index contributed by atoms with van der Waals surface area (Å²) >= 11 is 3.25. The van der Waals surface area contributed by atoms with E-state index < -0.39 is 10.9 Å². The number of aromatic nitrogens is 3. The third-order valence-corrected chi connectivity index (χ3v) is 3.49. The van der Waals surface area contributed by atoms with Crippen LogP contribution in [0.5, 0.6) is 0 Å². The van der Waals surface area contributed by atoms with E-state index in [-0.39, 0.29) is 17.9 Å². The van der Waals surface area contributed by atoms with Gasteiger partial charge in [0.05, 0.1) is 17.2 Å². The van der Waals surface area contributed by atoms with E-state index in [0.717, 1.165) is 5.56 Å². The first-order valence-electron chi connectivity index (χ1n) is 5.46. The van der Waals surface area contributed by atoms with Crippen LogP contribution in [0.1, 0.15) is 21.7 Å². The molecule has 1 aromatic heterocycles. The van der Waals surface area contributed by atoms with Crippen LogP contribution < -0.4 is 0 Å². The van der Waals surface area contributed by atoms with Crippen LogP contribution in [0.25, 0.3) is 0 Å². The number of nitrogens with zero attached hydrogens (tertiary/aromatic N) is 4. The molecule has 1 N–H and O–H groups in total. The van der Waals surface area contributed by atoms with Crippen molar-refractivity contribution in [2.75, 3.05) is 0 Å². The predicted octanol–water partition coefficient (Wildman–Crippen LogP) is 2.00. The van der Waals surface area contributed by atoms with Gasteiger partial charge in [0.2, 0.25) is 0 Å². The second-order valence-corrected chi connectivity index (χ2v) is 4.87. The number of nitro benzene ring substituents is 1. The second-order valence-electron chi connectivity index (χ2n) is 4.02. The van der Waals surface area contributed by atoms with Crippen LogP contribution in [-0.4, -0.2) is 31.0 Å². The van der Waals surface area contributed by atoms with Crippen LogP contribution >= 0.6 is 15.9 Å². The van der Waals surface area contributed by atoms with Gasteiger partial charge in [0.15, 0.2) is 5.69 Å². The first-order chi connectivity index (χ1) is 9.40. The molecule has 1 aromatic carbocycles. The summed E-state index contributed by atoms with van der Waals surface area (Å²) in [6, 6.07) is 4.36. The summed E-state index contributed by atoms with van der Waals surface area (Å²) in [7, 11) is 0. The van der Waals surface area contributed by atoms with Crippen molar-refractivity contribution < 1.29 is 14.8 Å². The van der Waals surface area contributed by atoms with Gasteiger partial charge in [-0.05, 0) is 18.6 Å². The Morgan fingerprint density at radius 1 is 1.55 bits per heavy atom. The van der Waals surface area contributed by atoms with Gasteiger partial charge in [-0.3, -0.25) is 10.1 Å². The number of carboxylic acid groups (broad SMARTS) is 1. The monoisotopic (exact) mass is 340 g/mol. The van der Waals surface area contributed by atoms with E-state index in [4.69, 9.17) is 5.11 Å². The molecule has 2 aromatic rings. The molecule has 20 heavy (non-hydrogen) atoms. The van der Waals surface area contributed by atoms with Gasteiger partial charge in [0.1, 0.15) is 0 Å². The Morgan fingerprint density at radius 2 is 2.25 bits per heavy atom. The highest BCUT2D eigenvalue weighted by atomic mass is 79.9. The Hall–Kier alpha value is -2.29. The Labute approximate surface area is 121 Å². The first-order valence-corrected chi connectivity index (χ1v) is 6.25. The molecule has 1 heterocycles. The van der Waals surface area contributed by atoms with Crippen LogP contribution in [0.15, 0.2) is 22.7 Å². The second kappa shape index (κ2) is 5.37. The average Bonchev–Trinajstić information content (AvgIpc) is 2.73. The molecule has 2 rings (SSSR count). The highest BCUT2D eigenvalue weighted by molar-refractivity contribution is 9.10. The van der Waals surface area contributed by atoms with E-state index in [1.54, 1.807) is 13.0 Å². The maximum atomic E-state index is 10.9. The summed E-state index contributed by atoms with van der Waals surface area (Å²) in [5.41, 5.74) is 1.02. The third kappa shape index (κ3) is 2.67. The number of nitro groups is 1. The summed E-state index contributed by atoms with van der Waals surface area (Å²) in [5, 5.41) is 26.9. The zero-order valence-electron chi connectivity index (χ0n) is 10.3. The maximum Gasteiger partial charge on any atom is 0.358 e. The van der Waals surface area contributed by atoms with Crippen molar-refractivity contribution in [2.24, 2.45) is 0 Å². The van der Waals surface area contributed by atoms with Crippen molar-refractivity contribution in [2.45, 2.75) is 13.5 Å². The molecule has 0 aliphatic carbocycles. The summed E-state index contributed by atoms with van der Waals surface area (Å²) in [5.74, 6) is -1.14. The number of aromatic carboxylic acids is 1. The van der Waals surface area contributed by atoms with Gasteiger partial charge < -0.3 is 5.11 Å². The number of non-ortho nitro benzene ring substituents is 1. The van der Waals surface area contributed by atoms with Crippen LogP contribution in [-0.2, 0) is 6.54 Å². The molecule has 0 fully saturated rings. The fourth-order valence-electron chi connectivity index (χ4n) is 1.65. The molecule has 0 amide bonds. The molecule has 0 aliphatic heterocycles. The van der Waals surface area contributed by atoms with Gasteiger partial charge in [-0.1, -0.05) is 21.1 Å². The molecular formula is C11H9BrN4O4. The zero-order valence-corrected chi connectivity index (χ0v) is 11.9. The Bertz CT molecular complexity index is 698. The van der Waals surface area contributed by atoms with Gasteiger partial charge in [-0.15, -0.1) is 5.10 Å². The topological polar surface area (TPSA) is 111 Å². The van der Waals surface area contributed by atoms with Crippen molar-refractivity contribution in [3.63, 3.8) is 0 Å². The number of carboxylic acids is 1. The number of carbonyl (C=O) groups is 1. The zero-order chi connectivity index (χ0) is 14.9. The lowest BCUT2D eigenvalue weighted by Gasteiger charge is -2.06. The number of hydrogen-bond donors (Lipinski definition) is 1. The van der Waals surface area contributed by atoms with Gasteiger partial charge in [-0.25, -0.2) is 9.48 Å². The van der Waals surface area contributed by atoms with Crippen molar-refractivity contribution in [1.29, 1.82) is 0 Å². The maximum absolute atomic E-state index is 10.9. The summed E-state index contributed by atoms with van der Waals surface area (Å²) in [4.78, 5) is 21.0. The lowest BCUT2D eigenvalue weighted by molar-refractivity contribution is -0.384. The van der Waals surface area contributed by atoms with E-state index in [1.165, 1.54) is 16.8 Å². The highest BCUT2D eigenvalue weighted by Crippen LogP contribution is 2.24. The minimum absolute atomic E-state index is 0.0258. The summed E-state index contributed by atoms with van der Waals surface area (Å²) < 4.78 is 1.98. The van der Waals surface area contributed by atoms with Gasteiger partial charge >= 0.3 is 5.97 Å². The molecule has 0 spiro atoms. The molecule has 0 atom stereocenters. The molecule has 0 aliphatic rings. The van der Waals surface area contributed by atoms with Crippen molar-refractivity contribution in [3.8, 4) is 0 Å². The van der Waals surface area contributed by atoms with Crippen LogP contribution in [0, 0.1) is 17.0 Å². The van der Waals surface area contributed by atoms with Crippen LogP contribution in [0.2, 0.25) is 0 Å². The summed E-state index contributed by atoms with van der Waals surface area (Å²) in [6.45, 7) is 1.87. The number of halogens is 1. The predicted molar refractivity (Wildman–Crippen MR) is 71.6 cm³/mol. The Morgan fingerprint density at radius 3 is 2.75 bits per heavy atom. The van der Waals surface area contributed by atoms with Crippen molar-refractivity contribution in [3.05, 3.63) is 49.7 Å². The SMILES string of the molecule is Cc1c(C(=O)O)nnn1Cc1ccc([N+](=O)[O-])cc1Br. The Balaban J connectivity index is 2.31. The molecular weight excluding hydrogens is 332 g/mol. The fraction of sp³-hybridized carbons (Fsp3) is 0.182. The minimum atomic E-state index is -1.14. The molecule has 9 heteroatoms. The van der Waals surface area contributed by atoms with E-state index in [0.29, 0.717) is 10.2 Å². The van der Waals surface area contributed by atoms with Crippen LogP contribution in [0.3, 0.4) is 0 Å². The normalized spacial score (nSPS) is 10.5. The van der Waals surface area contributed by atoms with Crippen molar-refractivity contribution in [1.82, 2.24) is 15.0 Å². The Kier molecular flexibility index (Phi) is 3.79. The quantitative estimate of drug-likeness (QED) is 0.673. The van der Waals surface area contributed by atoms with Crippen LogP contribution in [0.4, 0.5) is 5.69 Å². The number of benzene rings is 1. The van der Waals surface area contributed by atoms with E-state index >= 15 is 0 Å². The fourth-order valence-corrected chi connectivity index (χ4v) is 2.14. The lowest BCUT2D eigenvalue weighted by atomic mass is 10.2. The molecule has 8 nitrogen and oxygen atoms in total. The molecule has 104 valence electrons. The standard InChI is InChI=1S/C11H9BrN4O4/c1-6-10(11(17)18)13-14-15(6)5-7-2-3-8(16(19)20)4-9(7)12/h2-4H,5H2,1H3,(H,17,18). The molecule has 0 bridgehead atoms. The average molecular weight is 341 g/mol. The summed E-state index contributed by atoms with van der Waals surface area (Å²) in [6.07, 6.45) is 0. The molecule has 0 saturated carbocycles. The number of rotatable bonds is 4. The lowest BCUT2D eigenvalue weighted by Crippen LogP contribution is -2.06. The highest BCUT2D eigenvalue weighted by Gasteiger charge is 2.16. The minimum Gasteiger partial charge on any atom is -0.476 e. The first kappa shape index (κ1) is 14.1. The smallest absolute Gasteiger partial charge is 0.358 e. The van der Waals surface area contributed by atoms with E-state index in [9.17, 15) is 14.9 Å². The molecule has 0 unspecified atom stereocenters. The third-order valence-electron chi connectivity index (χ3n) is 2.75.